The predicted octanol–water partition coefficient (Wildman–Crippen LogP) is 4.37. The van der Waals surface area contributed by atoms with Gasteiger partial charge in [0.1, 0.15) is 11.6 Å². The molecule has 0 radical (unpaired) electrons. The van der Waals surface area contributed by atoms with Crippen molar-refractivity contribution in [2.75, 3.05) is 5.88 Å². The minimum atomic E-state index is -0.220. The first kappa shape index (κ1) is 15.2. The Kier molecular flexibility index (Phi) is 4.46. The molecule has 2 aromatic heterocycles. The Morgan fingerprint density at radius 1 is 1.43 bits per heavy atom. The number of rotatable bonds is 4. The highest BCUT2D eigenvalue weighted by molar-refractivity contribution is 14.1. The van der Waals surface area contributed by atoms with E-state index in [1.165, 1.54) is 0 Å². The number of benzene rings is 1. The van der Waals surface area contributed by atoms with Gasteiger partial charge in [-0.2, -0.15) is 0 Å². The Morgan fingerprint density at radius 3 is 2.90 bits per heavy atom. The molecular weight excluding hydrogens is 424 g/mol. The summed E-state index contributed by atoms with van der Waals surface area (Å²) in [7, 11) is 0. The minimum Gasteiger partial charge on any atom is -0.322 e. The quantitative estimate of drug-likeness (QED) is 0.450. The standard InChI is InChI=1S/C14H12ClFIN3S/c1-8-13(21-7-18-8)6-20-12-4-9(16)10(17)5-11(12)19-14(20)2-3-15/h4-5,7H,2-3,6H2,1H3. The van der Waals surface area contributed by atoms with E-state index in [9.17, 15) is 4.39 Å². The maximum atomic E-state index is 13.9. The van der Waals surface area contributed by atoms with Gasteiger partial charge in [-0.05, 0) is 35.6 Å². The molecular formula is C14H12ClFIN3S. The molecule has 7 heteroatoms. The second kappa shape index (κ2) is 6.18. The summed E-state index contributed by atoms with van der Waals surface area (Å²) in [6.07, 6.45) is 0.659. The average Bonchev–Trinajstić information content (AvgIpc) is 2.98. The van der Waals surface area contributed by atoms with Crippen molar-refractivity contribution in [2.45, 2.75) is 19.9 Å². The van der Waals surface area contributed by atoms with Gasteiger partial charge in [0.2, 0.25) is 0 Å². The van der Waals surface area contributed by atoms with Crippen molar-refractivity contribution in [3.8, 4) is 0 Å². The monoisotopic (exact) mass is 435 g/mol. The largest absolute Gasteiger partial charge is 0.322 e. The molecule has 0 N–H and O–H groups in total. The molecule has 0 spiro atoms. The Morgan fingerprint density at radius 2 is 2.24 bits per heavy atom. The van der Waals surface area contributed by atoms with Crippen LogP contribution in [-0.2, 0) is 13.0 Å². The highest BCUT2D eigenvalue weighted by atomic mass is 127. The van der Waals surface area contributed by atoms with Gasteiger partial charge in [0, 0.05) is 23.2 Å². The molecule has 3 rings (SSSR count). The molecule has 0 amide bonds. The topological polar surface area (TPSA) is 30.7 Å². The summed E-state index contributed by atoms with van der Waals surface area (Å²) in [6.45, 7) is 2.63. The number of halogens is 3. The fraction of sp³-hybridized carbons (Fsp3) is 0.286. The first-order valence-corrected chi connectivity index (χ1v) is 8.88. The number of hydrogen-bond acceptors (Lipinski definition) is 3. The zero-order valence-corrected chi connectivity index (χ0v) is 15.0. The fourth-order valence-corrected chi connectivity index (χ4v) is 3.63. The number of fused-ring (bicyclic) bond motifs is 1. The van der Waals surface area contributed by atoms with E-state index >= 15 is 0 Å². The Labute approximate surface area is 144 Å². The highest BCUT2D eigenvalue weighted by Gasteiger charge is 2.15. The molecule has 2 heterocycles. The van der Waals surface area contributed by atoms with Gasteiger partial charge in [-0.1, -0.05) is 0 Å². The number of nitrogens with zero attached hydrogens (tertiary/aromatic N) is 3. The molecule has 0 bridgehead atoms. The third-order valence-electron chi connectivity index (χ3n) is 3.33. The number of aromatic nitrogens is 3. The van der Waals surface area contributed by atoms with Gasteiger partial charge in [0.15, 0.2) is 0 Å². The molecule has 0 atom stereocenters. The summed E-state index contributed by atoms with van der Waals surface area (Å²) in [5, 5.41) is 0. The molecule has 21 heavy (non-hydrogen) atoms. The number of thiazole rings is 1. The van der Waals surface area contributed by atoms with Crippen molar-refractivity contribution in [1.82, 2.24) is 14.5 Å². The van der Waals surface area contributed by atoms with Crippen molar-refractivity contribution >= 4 is 56.6 Å². The van der Waals surface area contributed by atoms with Gasteiger partial charge in [-0.25, -0.2) is 14.4 Å². The lowest BCUT2D eigenvalue weighted by Gasteiger charge is -2.08. The molecule has 0 fully saturated rings. The molecule has 0 saturated heterocycles. The van der Waals surface area contributed by atoms with Crippen LogP contribution in [0.25, 0.3) is 11.0 Å². The third kappa shape index (κ3) is 2.93. The molecule has 3 nitrogen and oxygen atoms in total. The van der Waals surface area contributed by atoms with Crippen LogP contribution >= 0.6 is 45.5 Å². The zero-order chi connectivity index (χ0) is 15.0. The summed E-state index contributed by atoms with van der Waals surface area (Å²) in [4.78, 5) is 10.0. The van der Waals surface area contributed by atoms with Crippen LogP contribution in [0.4, 0.5) is 4.39 Å². The van der Waals surface area contributed by atoms with Crippen LogP contribution in [0.15, 0.2) is 17.6 Å². The van der Waals surface area contributed by atoms with E-state index in [4.69, 9.17) is 11.6 Å². The number of imidazole rings is 1. The van der Waals surface area contributed by atoms with Crippen LogP contribution in [0.1, 0.15) is 16.4 Å². The number of hydrogen-bond donors (Lipinski definition) is 0. The lowest BCUT2D eigenvalue weighted by molar-refractivity contribution is 0.621. The number of alkyl halides is 1. The molecule has 0 saturated carbocycles. The summed E-state index contributed by atoms with van der Waals surface area (Å²) >= 11 is 9.46. The number of aryl methyl sites for hydroxylation is 2. The fourth-order valence-electron chi connectivity index (χ4n) is 2.24. The zero-order valence-electron chi connectivity index (χ0n) is 11.2. The van der Waals surface area contributed by atoms with Gasteiger partial charge in [0.25, 0.3) is 0 Å². The molecule has 0 aliphatic rings. The lowest BCUT2D eigenvalue weighted by atomic mass is 10.3. The van der Waals surface area contributed by atoms with Crippen LogP contribution < -0.4 is 0 Å². The summed E-state index contributed by atoms with van der Waals surface area (Å²) < 4.78 is 16.5. The average molecular weight is 436 g/mol. The van der Waals surface area contributed by atoms with Crippen LogP contribution in [0.5, 0.6) is 0 Å². The Balaban J connectivity index is 2.15. The van der Waals surface area contributed by atoms with E-state index in [2.05, 4.69) is 9.97 Å². The van der Waals surface area contributed by atoms with Gasteiger partial charge in [-0.3, -0.25) is 0 Å². The van der Waals surface area contributed by atoms with Crippen molar-refractivity contribution in [1.29, 1.82) is 0 Å². The van der Waals surface area contributed by atoms with Gasteiger partial charge >= 0.3 is 0 Å². The van der Waals surface area contributed by atoms with Gasteiger partial charge in [0.05, 0.1) is 32.4 Å². The van der Waals surface area contributed by atoms with Crippen LogP contribution in [-0.4, -0.2) is 20.4 Å². The first-order chi connectivity index (χ1) is 10.1. The van der Waals surface area contributed by atoms with Gasteiger partial charge < -0.3 is 4.57 Å². The normalized spacial score (nSPS) is 11.4. The van der Waals surface area contributed by atoms with Crippen molar-refractivity contribution in [3.63, 3.8) is 0 Å². The SMILES string of the molecule is Cc1ncsc1Cn1c(CCCl)nc2cc(I)c(F)cc21. The molecule has 1 aromatic carbocycles. The summed E-state index contributed by atoms with van der Waals surface area (Å²) in [6, 6.07) is 3.33. The van der Waals surface area contributed by atoms with Crippen molar-refractivity contribution in [3.05, 3.63) is 43.4 Å². The summed E-state index contributed by atoms with van der Waals surface area (Å²) in [5.41, 5.74) is 4.45. The van der Waals surface area contributed by atoms with Crippen molar-refractivity contribution in [2.24, 2.45) is 0 Å². The maximum Gasteiger partial charge on any atom is 0.138 e. The summed E-state index contributed by atoms with van der Waals surface area (Å²) in [5.74, 6) is 1.15. The third-order valence-corrected chi connectivity index (χ3v) is 5.27. The second-order valence-corrected chi connectivity index (χ2v) is 7.15. The molecule has 3 aromatic rings. The Hall–Kier alpha value is -0.730. The van der Waals surface area contributed by atoms with Gasteiger partial charge in [-0.15, -0.1) is 22.9 Å². The van der Waals surface area contributed by atoms with Crippen LogP contribution in [0, 0.1) is 16.3 Å². The Bertz CT molecular complexity index is 799. The smallest absolute Gasteiger partial charge is 0.138 e. The first-order valence-electron chi connectivity index (χ1n) is 6.39. The molecule has 110 valence electrons. The molecule has 0 aliphatic carbocycles. The molecule has 0 aliphatic heterocycles. The lowest BCUT2D eigenvalue weighted by Crippen LogP contribution is -2.06. The van der Waals surface area contributed by atoms with Crippen LogP contribution in [0.3, 0.4) is 0 Å². The van der Waals surface area contributed by atoms with E-state index in [0.717, 1.165) is 27.4 Å². The second-order valence-electron chi connectivity index (χ2n) is 4.67. The van der Waals surface area contributed by atoms with E-state index < -0.39 is 0 Å². The predicted molar refractivity (Wildman–Crippen MR) is 92.8 cm³/mol. The maximum absolute atomic E-state index is 13.9. The minimum absolute atomic E-state index is 0.220. The van der Waals surface area contributed by atoms with E-state index in [1.54, 1.807) is 23.5 Å². The van der Waals surface area contributed by atoms with E-state index in [1.807, 2.05) is 39.6 Å². The van der Waals surface area contributed by atoms with E-state index in [0.29, 0.717) is 22.4 Å². The molecule has 0 unspecified atom stereocenters. The van der Waals surface area contributed by atoms with E-state index in [-0.39, 0.29) is 5.82 Å². The highest BCUT2D eigenvalue weighted by Crippen LogP contribution is 2.25. The van der Waals surface area contributed by atoms with Crippen LogP contribution in [0.2, 0.25) is 0 Å². The van der Waals surface area contributed by atoms with Crippen molar-refractivity contribution < 1.29 is 4.39 Å².